The predicted octanol–water partition coefficient (Wildman–Crippen LogP) is 15.7. The molecule has 0 fully saturated rings. The molecule has 0 unspecified atom stereocenters. The molecule has 0 radical (unpaired) electrons. The zero-order valence-corrected chi connectivity index (χ0v) is 32.3. The fraction of sp³-hybridized carbons (Fsp3) is 0.0182. The van der Waals surface area contributed by atoms with Gasteiger partial charge in [0.05, 0.1) is 22.4 Å². The van der Waals surface area contributed by atoms with Gasteiger partial charge in [0.2, 0.25) is 0 Å². The van der Waals surface area contributed by atoms with E-state index in [9.17, 15) is 0 Å². The van der Waals surface area contributed by atoms with Crippen LogP contribution in [0.2, 0.25) is 0 Å². The molecule has 3 heterocycles. The summed E-state index contributed by atoms with van der Waals surface area (Å²) in [5.41, 5.74) is 15.9. The first kappa shape index (κ1) is 33.3. The summed E-state index contributed by atoms with van der Waals surface area (Å²) in [5.74, 6) is 0. The van der Waals surface area contributed by atoms with Crippen LogP contribution in [-0.4, -0.2) is 4.57 Å². The molecule has 3 aromatic heterocycles. The SMILES string of the molecule is Cc1cc(N(c2ccc3oc4ccccc4c3c2)c2cccc3c2c2ccccc2n3-c2ccccc2-c2cccc3c2oc2ccccc23)ccc1-c1ccccc1. The Morgan fingerprint density at radius 3 is 1.86 bits per heavy atom. The minimum atomic E-state index is 0.872. The van der Waals surface area contributed by atoms with Crippen LogP contribution in [0.5, 0.6) is 0 Å². The molecule has 0 aliphatic rings. The molecule has 0 saturated carbocycles. The zero-order valence-electron chi connectivity index (χ0n) is 32.3. The number of nitrogens with zero attached hydrogens (tertiary/aromatic N) is 2. The summed E-state index contributed by atoms with van der Waals surface area (Å²) < 4.78 is 15.4. The molecule has 4 nitrogen and oxygen atoms in total. The van der Waals surface area contributed by atoms with Crippen LogP contribution in [-0.2, 0) is 0 Å². The van der Waals surface area contributed by atoms with Crippen molar-refractivity contribution < 1.29 is 8.83 Å². The maximum Gasteiger partial charge on any atom is 0.143 e. The first-order valence-corrected chi connectivity index (χ1v) is 20.1. The first-order chi connectivity index (χ1) is 29.2. The molecular formula is C55H36N2O2. The molecule has 278 valence electrons. The third-order valence-electron chi connectivity index (χ3n) is 11.9. The van der Waals surface area contributed by atoms with Crippen molar-refractivity contribution in [3.05, 3.63) is 206 Å². The fourth-order valence-electron chi connectivity index (χ4n) is 9.31. The van der Waals surface area contributed by atoms with Crippen molar-refractivity contribution in [2.24, 2.45) is 0 Å². The van der Waals surface area contributed by atoms with Crippen molar-refractivity contribution in [2.45, 2.75) is 6.92 Å². The van der Waals surface area contributed by atoms with Crippen molar-refractivity contribution in [2.75, 3.05) is 4.90 Å². The van der Waals surface area contributed by atoms with Crippen LogP contribution in [0, 0.1) is 6.92 Å². The lowest BCUT2D eigenvalue weighted by Crippen LogP contribution is -2.11. The Labute approximate surface area is 340 Å². The van der Waals surface area contributed by atoms with Gasteiger partial charge in [-0.05, 0) is 90.3 Å². The van der Waals surface area contributed by atoms with Crippen molar-refractivity contribution in [3.8, 4) is 27.9 Å². The number of aryl methyl sites for hydroxylation is 1. The van der Waals surface area contributed by atoms with Crippen LogP contribution in [0.25, 0.3) is 93.6 Å². The topological polar surface area (TPSA) is 34.5 Å². The lowest BCUT2D eigenvalue weighted by molar-refractivity contribution is 0.669. The molecule has 0 N–H and O–H groups in total. The Morgan fingerprint density at radius 2 is 1.02 bits per heavy atom. The van der Waals surface area contributed by atoms with E-state index in [4.69, 9.17) is 8.83 Å². The van der Waals surface area contributed by atoms with Crippen LogP contribution in [0.4, 0.5) is 17.1 Å². The second-order valence-corrected chi connectivity index (χ2v) is 15.3. The molecule has 0 bridgehead atoms. The minimum Gasteiger partial charge on any atom is -0.456 e. The highest BCUT2D eigenvalue weighted by atomic mass is 16.3. The number of fused-ring (bicyclic) bond motifs is 9. The summed E-state index contributed by atoms with van der Waals surface area (Å²) in [5, 5.41) is 6.77. The molecule has 59 heavy (non-hydrogen) atoms. The van der Waals surface area contributed by atoms with Crippen molar-refractivity contribution in [1.82, 2.24) is 4.57 Å². The quantitative estimate of drug-likeness (QED) is 0.169. The smallest absolute Gasteiger partial charge is 0.143 e. The van der Waals surface area contributed by atoms with Crippen molar-refractivity contribution in [3.63, 3.8) is 0 Å². The Kier molecular flexibility index (Phi) is 7.41. The normalized spacial score (nSPS) is 11.8. The monoisotopic (exact) mass is 756 g/mol. The number of furan rings is 2. The second kappa shape index (κ2) is 13.1. The highest BCUT2D eigenvalue weighted by Gasteiger charge is 2.24. The standard InChI is InChI=1S/C55H36N2O2/c1-35-33-37(29-31-39(35)36-15-3-2-4-16-36)56(38-30-32-53-46(34-38)42-19-8-11-27-51(42)58-53)49-25-14-26-50-54(49)45-20-6-10-24-48(45)57(50)47-23-9-5-17-40(47)43-21-13-22-44-41-18-7-12-28-52(41)59-55(43)44/h2-34H,1H3. The largest absolute Gasteiger partial charge is 0.456 e. The van der Waals surface area contributed by atoms with Gasteiger partial charge in [0.1, 0.15) is 22.3 Å². The lowest BCUT2D eigenvalue weighted by Gasteiger charge is -2.27. The van der Waals surface area contributed by atoms with Gasteiger partial charge in [0.15, 0.2) is 0 Å². The van der Waals surface area contributed by atoms with E-state index < -0.39 is 0 Å². The predicted molar refractivity (Wildman–Crippen MR) is 246 cm³/mol. The van der Waals surface area contributed by atoms with Crippen molar-refractivity contribution >= 4 is 82.7 Å². The molecule has 9 aromatic carbocycles. The maximum absolute atomic E-state index is 6.61. The number of hydrogen-bond acceptors (Lipinski definition) is 3. The van der Waals surface area contributed by atoms with E-state index in [-0.39, 0.29) is 0 Å². The molecule has 0 aliphatic carbocycles. The fourth-order valence-corrected chi connectivity index (χ4v) is 9.31. The summed E-state index contributed by atoms with van der Waals surface area (Å²) in [7, 11) is 0. The third-order valence-corrected chi connectivity index (χ3v) is 11.9. The van der Waals surface area contributed by atoms with Crippen LogP contribution in [0.1, 0.15) is 5.56 Å². The number of para-hydroxylation sites is 5. The first-order valence-electron chi connectivity index (χ1n) is 20.1. The lowest BCUT2D eigenvalue weighted by atomic mass is 9.99. The number of hydrogen-bond donors (Lipinski definition) is 0. The van der Waals surface area contributed by atoms with Gasteiger partial charge < -0.3 is 18.3 Å². The van der Waals surface area contributed by atoms with Gasteiger partial charge in [-0.2, -0.15) is 0 Å². The minimum absolute atomic E-state index is 0.872. The molecule has 0 atom stereocenters. The number of benzene rings is 9. The van der Waals surface area contributed by atoms with Crippen LogP contribution in [0.3, 0.4) is 0 Å². The van der Waals surface area contributed by atoms with Gasteiger partial charge >= 0.3 is 0 Å². The molecule has 12 rings (SSSR count). The molecule has 4 heteroatoms. The second-order valence-electron chi connectivity index (χ2n) is 15.3. The van der Waals surface area contributed by atoms with E-state index >= 15 is 0 Å². The molecule has 0 spiro atoms. The van der Waals surface area contributed by atoms with Gasteiger partial charge in [0, 0.05) is 54.8 Å². The molecular weight excluding hydrogens is 721 g/mol. The van der Waals surface area contributed by atoms with Gasteiger partial charge in [0.25, 0.3) is 0 Å². The number of rotatable bonds is 6. The Bertz CT molecular complexity index is 3590. The third kappa shape index (κ3) is 5.16. The number of aromatic nitrogens is 1. The molecule has 12 aromatic rings. The van der Waals surface area contributed by atoms with E-state index in [0.717, 1.165) is 88.8 Å². The van der Waals surface area contributed by atoms with E-state index in [1.165, 1.54) is 27.5 Å². The van der Waals surface area contributed by atoms with Gasteiger partial charge in [-0.1, -0.05) is 133 Å². The van der Waals surface area contributed by atoms with E-state index in [1.54, 1.807) is 0 Å². The highest BCUT2D eigenvalue weighted by molar-refractivity contribution is 6.18. The Morgan fingerprint density at radius 1 is 0.407 bits per heavy atom. The molecule has 0 saturated heterocycles. The summed E-state index contributed by atoms with van der Waals surface area (Å²) in [4.78, 5) is 2.42. The number of anilines is 3. The van der Waals surface area contributed by atoms with Gasteiger partial charge in [-0.25, -0.2) is 0 Å². The van der Waals surface area contributed by atoms with E-state index in [2.05, 4.69) is 198 Å². The van der Waals surface area contributed by atoms with Crippen LogP contribution in [0.15, 0.2) is 209 Å². The summed E-state index contributed by atoms with van der Waals surface area (Å²) in [6.45, 7) is 2.21. The highest BCUT2D eigenvalue weighted by Crippen LogP contribution is 2.47. The van der Waals surface area contributed by atoms with E-state index in [0.29, 0.717) is 0 Å². The Balaban J connectivity index is 1.12. The van der Waals surface area contributed by atoms with Crippen molar-refractivity contribution in [1.29, 1.82) is 0 Å². The summed E-state index contributed by atoms with van der Waals surface area (Å²) >= 11 is 0. The average molecular weight is 757 g/mol. The van der Waals surface area contributed by atoms with Gasteiger partial charge in [-0.3, -0.25) is 0 Å². The maximum atomic E-state index is 6.61. The summed E-state index contributed by atoms with van der Waals surface area (Å²) in [6.07, 6.45) is 0. The van der Waals surface area contributed by atoms with Crippen LogP contribution >= 0.6 is 0 Å². The summed E-state index contributed by atoms with van der Waals surface area (Å²) in [6, 6.07) is 71.3. The molecule has 0 amide bonds. The van der Waals surface area contributed by atoms with Crippen LogP contribution < -0.4 is 4.90 Å². The Hall–Kier alpha value is -7.82. The molecule has 0 aliphatic heterocycles. The average Bonchev–Trinajstić information content (AvgIpc) is 3.97. The van der Waals surface area contributed by atoms with E-state index in [1.807, 2.05) is 18.2 Å². The van der Waals surface area contributed by atoms with Gasteiger partial charge in [-0.15, -0.1) is 0 Å². The zero-order chi connectivity index (χ0) is 39.0.